The van der Waals surface area contributed by atoms with E-state index in [4.69, 9.17) is 0 Å². The molecule has 1 aliphatic heterocycles. The zero-order valence-electron chi connectivity index (χ0n) is 8.07. The van der Waals surface area contributed by atoms with Gasteiger partial charge in [-0.2, -0.15) is 11.8 Å². The number of hydrogen-bond acceptors (Lipinski definition) is 4. The van der Waals surface area contributed by atoms with Crippen LogP contribution in [0, 0.1) is 0 Å². The zero-order valence-corrected chi connectivity index (χ0v) is 10.5. The van der Waals surface area contributed by atoms with E-state index in [1.54, 1.807) is 23.5 Å². The fourth-order valence-electron chi connectivity index (χ4n) is 1.86. The van der Waals surface area contributed by atoms with Crippen molar-refractivity contribution in [2.45, 2.75) is 24.2 Å². The molecule has 1 aliphatic rings. The Kier molecular flexibility index (Phi) is 2.61. The van der Waals surface area contributed by atoms with Gasteiger partial charge in [0.15, 0.2) is 4.60 Å². The molecule has 2 rings (SSSR count). The van der Waals surface area contributed by atoms with Crippen molar-refractivity contribution in [2.75, 3.05) is 5.75 Å². The summed E-state index contributed by atoms with van der Waals surface area (Å²) in [6.45, 7) is 2.13. The van der Waals surface area contributed by atoms with E-state index >= 15 is 0 Å². The number of hydrogen-bond donors (Lipinski definition) is 1. The SMILES string of the molecule is CC1CC(O)(c2c(Br)nnn2C)CS1. The molecule has 2 unspecified atom stereocenters. The molecular weight excluding hydrogens is 266 g/mol. The summed E-state index contributed by atoms with van der Waals surface area (Å²) < 4.78 is 2.29. The average Bonchev–Trinajstić information content (AvgIpc) is 2.58. The molecule has 0 aromatic carbocycles. The molecule has 78 valence electrons. The van der Waals surface area contributed by atoms with Crippen molar-refractivity contribution in [2.24, 2.45) is 7.05 Å². The Morgan fingerprint density at radius 1 is 1.71 bits per heavy atom. The van der Waals surface area contributed by atoms with Crippen LogP contribution < -0.4 is 0 Å². The zero-order chi connectivity index (χ0) is 10.3. The van der Waals surface area contributed by atoms with Crippen LogP contribution in [0.3, 0.4) is 0 Å². The first-order valence-electron chi connectivity index (χ1n) is 4.42. The lowest BCUT2D eigenvalue weighted by atomic mass is 9.97. The molecule has 0 saturated carbocycles. The number of rotatable bonds is 1. The van der Waals surface area contributed by atoms with E-state index in [0.717, 1.165) is 12.1 Å². The second-order valence-corrected chi connectivity index (χ2v) is 5.89. The molecule has 1 aromatic heterocycles. The molecule has 0 amide bonds. The molecule has 14 heavy (non-hydrogen) atoms. The van der Waals surface area contributed by atoms with Crippen molar-refractivity contribution in [1.82, 2.24) is 15.0 Å². The minimum Gasteiger partial charge on any atom is -0.383 e. The molecule has 1 aromatic rings. The average molecular weight is 278 g/mol. The summed E-state index contributed by atoms with van der Waals surface area (Å²) in [7, 11) is 1.80. The standard InChI is InChI=1S/C8H12BrN3OS/c1-5-3-8(13,4-14-5)6-7(9)10-11-12(6)2/h5,13H,3-4H2,1-2H3. The molecule has 1 saturated heterocycles. The van der Waals surface area contributed by atoms with Crippen LogP contribution in [0.25, 0.3) is 0 Å². The number of nitrogens with zero attached hydrogens (tertiary/aromatic N) is 3. The van der Waals surface area contributed by atoms with Gasteiger partial charge in [-0.1, -0.05) is 12.1 Å². The Morgan fingerprint density at radius 3 is 2.86 bits per heavy atom. The van der Waals surface area contributed by atoms with E-state index in [0.29, 0.717) is 15.6 Å². The van der Waals surface area contributed by atoms with Crippen molar-refractivity contribution < 1.29 is 5.11 Å². The third-order valence-electron chi connectivity index (χ3n) is 2.46. The van der Waals surface area contributed by atoms with Crippen LogP contribution in [0.2, 0.25) is 0 Å². The van der Waals surface area contributed by atoms with Gasteiger partial charge < -0.3 is 5.11 Å². The third-order valence-corrected chi connectivity index (χ3v) is 4.37. The van der Waals surface area contributed by atoms with E-state index in [1.165, 1.54) is 0 Å². The van der Waals surface area contributed by atoms with Gasteiger partial charge in [0, 0.05) is 18.1 Å². The molecule has 2 atom stereocenters. The first-order chi connectivity index (χ1) is 6.53. The predicted octanol–water partition coefficient (Wildman–Crippen LogP) is 1.29. The largest absolute Gasteiger partial charge is 0.383 e. The van der Waals surface area contributed by atoms with Crippen molar-refractivity contribution in [3.63, 3.8) is 0 Å². The van der Waals surface area contributed by atoms with Crippen LogP contribution in [0.1, 0.15) is 19.0 Å². The van der Waals surface area contributed by atoms with Gasteiger partial charge in [0.1, 0.15) is 11.3 Å². The fraction of sp³-hybridized carbons (Fsp3) is 0.750. The van der Waals surface area contributed by atoms with Crippen molar-refractivity contribution in [1.29, 1.82) is 0 Å². The number of halogens is 1. The van der Waals surface area contributed by atoms with Gasteiger partial charge in [0.25, 0.3) is 0 Å². The molecule has 1 N–H and O–H groups in total. The van der Waals surface area contributed by atoms with E-state index in [-0.39, 0.29) is 0 Å². The Morgan fingerprint density at radius 2 is 2.43 bits per heavy atom. The summed E-state index contributed by atoms with van der Waals surface area (Å²) in [5.41, 5.74) is 0.00981. The third kappa shape index (κ3) is 1.59. The maximum absolute atomic E-state index is 10.4. The van der Waals surface area contributed by atoms with Gasteiger partial charge in [0.2, 0.25) is 0 Å². The number of aryl methyl sites for hydroxylation is 1. The molecule has 0 radical (unpaired) electrons. The second kappa shape index (κ2) is 3.50. The van der Waals surface area contributed by atoms with Crippen LogP contribution in [-0.2, 0) is 12.6 Å². The first kappa shape index (κ1) is 10.4. The maximum atomic E-state index is 10.4. The molecule has 1 fully saturated rings. The smallest absolute Gasteiger partial charge is 0.154 e. The lowest BCUT2D eigenvalue weighted by Crippen LogP contribution is -2.29. The summed E-state index contributed by atoms with van der Waals surface area (Å²) in [6.07, 6.45) is 0.761. The lowest BCUT2D eigenvalue weighted by Gasteiger charge is -2.21. The van der Waals surface area contributed by atoms with Crippen molar-refractivity contribution in [3.8, 4) is 0 Å². The Bertz CT molecular complexity index is 337. The van der Waals surface area contributed by atoms with Gasteiger partial charge >= 0.3 is 0 Å². The van der Waals surface area contributed by atoms with Crippen LogP contribution >= 0.6 is 27.7 Å². The Hall–Kier alpha value is -0.0700. The van der Waals surface area contributed by atoms with E-state index in [2.05, 4.69) is 33.2 Å². The van der Waals surface area contributed by atoms with Crippen LogP contribution in [0.15, 0.2) is 4.60 Å². The second-order valence-electron chi connectivity index (χ2n) is 3.71. The Balaban J connectivity index is 2.39. The normalized spacial score (nSPS) is 32.4. The lowest BCUT2D eigenvalue weighted by molar-refractivity contribution is 0.0518. The highest BCUT2D eigenvalue weighted by molar-refractivity contribution is 9.10. The van der Waals surface area contributed by atoms with Crippen LogP contribution in [-0.4, -0.2) is 31.1 Å². The number of aromatic nitrogens is 3. The molecule has 0 aliphatic carbocycles. The molecular formula is C8H12BrN3OS. The number of thioether (sulfide) groups is 1. The molecule has 4 nitrogen and oxygen atoms in total. The highest BCUT2D eigenvalue weighted by Gasteiger charge is 2.41. The Labute approximate surface area is 95.2 Å². The van der Waals surface area contributed by atoms with Gasteiger partial charge in [-0.3, -0.25) is 0 Å². The molecule has 0 spiro atoms. The highest BCUT2D eigenvalue weighted by atomic mass is 79.9. The van der Waals surface area contributed by atoms with E-state index in [9.17, 15) is 5.11 Å². The van der Waals surface area contributed by atoms with E-state index in [1.807, 2.05) is 0 Å². The molecule has 0 bridgehead atoms. The summed E-state index contributed by atoms with van der Waals surface area (Å²) in [4.78, 5) is 0. The topological polar surface area (TPSA) is 50.9 Å². The monoisotopic (exact) mass is 277 g/mol. The summed E-state index contributed by atoms with van der Waals surface area (Å²) in [5.74, 6) is 0.716. The van der Waals surface area contributed by atoms with Crippen LogP contribution in [0.4, 0.5) is 0 Å². The van der Waals surface area contributed by atoms with Crippen molar-refractivity contribution in [3.05, 3.63) is 10.3 Å². The number of aliphatic hydroxyl groups is 1. The summed E-state index contributed by atoms with van der Waals surface area (Å²) in [5, 5.41) is 18.7. The van der Waals surface area contributed by atoms with E-state index < -0.39 is 5.60 Å². The summed E-state index contributed by atoms with van der Waals surface area (Å²) in [6, 6.07) is 0. The van der Waals surface area contributed by atoms with Crippen LogP contribution in [0.5, 0.6) is 0 Å². The predicted molar refractivity (Wildman–Crippen MR) is 59.1 cm³/mol. The maximum Gasteiger partial charge on any atom is 0.154 e. The van der Waals surface area contributed by atoms with Gasteiger partial charge in [-0.05, 0) is 22.4 Å². The van der Waals surface area contributed by atoms with Gasteiger partial charge in [-0.15, -0.1) is 5.10 Å². The van der Waals surface area contributed by atoms with Gasteiger partial charge in [0.05, 0.1) is 0 Å². The fourth-order valence-corrected chi connectivity index (χ4v) is 3.77. The molecule has 6 heteroatoms. The van der Waals surface area contributed by atoms with Gasteiger partial charge in [-0.25, -0.2) is 4.68 Å². The quantitative estimate of drug-likeness (QED) is 0.841. The first-order valence-corrected chi connectivity index (χ1v) is 6.27. The summed E-state index contributed by atoms with van der Waals surface area (Å²) >= 11 is 5.10. The van der Waals surface area contributed by atoms with Crippen molar-refractivity contribution >= 4 is 27.7 Å². The highest BCUT2D eigenvalue weighted by Crippen LogP contribution is 2.42. The minimum absolute atomic E-state index is 0.488. The molecule has 2 heterocycles. The minimum atomic E-state index is -0.777.